The lowest BCUT2D eigenvalue weighted by Gasteiger charge is -1.99. The zero-order valence-corrected chi connectivity index (χ0v) is 8.37. The summed E-state index contributed by atoms with van der Waals surface area (Å²) in [7, 11) is 0. The van der Waals surface area contributed by atoms with E-state index in [1.54, 1.807) is 18.5 Å². The minimum absolute atomic E-state index is 0.121. The van der Waals surface area contributed by atoms with Crippen LogP contribution in [0.3, 0.4) is 0 Å². The van der Waals surface area contributed by atoms with Crippen molar-refractivity contribution in [3.63, 3.8) is 0 Å². The lowest BCUT2D eigenvalue weighted by molar-refractivity contribution is 0.0690. The molecule has 0 spiro atoms. The Morgan fingerprint density at radius 2 is 2.38 bits per heavy atom. The first kappa shape index (κ1) is 10.2. The molecule has 0 amide bonds. The number of nitrogen functional groups attached to an aromatic ring is 1. The fourth-order valence-electron chi connectivity index (χ4n) is 1.36. The molecule has 0 aliphatic rings. The molecular formula is C10H10N4O2. The molecule has 0 aromatic carbocycles. The third-order valence-corrected chi connectivity index (χ3v) is 2.06. The molecule has 0 radical (unpaired) electrons. The van der Waals surface area contributed by atoms with Gasteiger partial charge in [0.1, 0.15) is 0 Å². The smallest absolute Gasteiger partial charge is 0.358 e. The highest BCUT2D eigenvalue weighted by atomic mass is 16.4. The van der Waals surface area contributed by atoms with Gasteiger partial charge < -0.3 is 10.8 Å². The lowest BCUT2D eigenvalue weighted by Crippen LogP contribution is -2.04. The second kappa shape index (κ2) is 4.01. The molecule has 0 saturated carbocycles. The Labute approximate surface area is 91.3 Å². The van der Waals surface area contributed by atoms with Gasteiger partial charge in [-0.25, -0.2) is 4.79 Å². The van der Waals surface area contributed by atoms with Crippen LogP contribution in [0.2, 0.25) is 0 Å². The van der Waals surface area contributed by atoms with E-state index >= 15 is 0 Å². The summed E-state index contributed by atoms with van der Waals surface area (Å²) in [5, 5.41) is 12.6. The van der Waals surface area contributed by atoms with Crippen molar-refractivity contribution in [3.8, 4) is 0 Å². The third kappa shape index (κ3) is 2.00. The summed E-state index contributed by atoms with van der Waals surface area (Å²) in [4.78, 5) is 14.7. The van der Waals surface area contributed by atoms with E-state index in [1.165, 1.54) is 10.9 Å². The topological polar surface area (TPSA) is 94.0 Å². The van der Waals surface area contributed by atoms with Gasteiger partial charge in [-0.1, -0.05) is 6.07 Å². The van der Waals surface area contributed by atoms with E-state index in [2.05, 4.69) is 10.1 Å². The SMILES string of the molecule is Nc1cn(Cc2cccnc2)nc1C(=O)O. The fraction of sp³-hybridized carbons (Fsp3) is 0.100. The monoisotopic (exact) mass is 218 g/mol. The van der Waals surface area contributed by atoms with Crippen molar-refractivity contribution in [3.05, 3.63) is 42.0 Å². The standard InChI is InChI=1S/C10H10N4O2/c11-8-6-14(13-9(8)10(15)16)5-7-2-1-3-12-4-7/h1-4,6H,5,11H2,(H,15,16). The van der Waals surface area contributed by atoms with Gasteiger partial charge in [0.15, 0.2) is 5.69 Å². The molecule has 0 atom stereocenters. The van der Waals surface area contributed by atoms with E-state index in [0.29, 0.717) is 6.54 Å². The van der Waals surface area contributed by atoms with Crippen molar-refractivity contribution in [1.82, 2.24) is 14.8 Å². The minimum atomic E-state index is -1.12. The Bertz CT molecular complexity index is 507. The largest absolute Gasteiger partial charge is 0.476 e. The highest BCUT2D eigenvalue weighted by molar-refractivity contribution is 5.91. The van der Waals surface area contributed by atoms with Crippen LogP contribution in [0, 0.1) is 0 Å². The highest BCUT2D eigenvalue weighted by Crippen LogP contribution is 2.10. The molecule has 0 aliphatic heterocycles. The van der Waals surface area contributed by atoms with Crippen molar-refractivity contribution < 1.29 is 9.90 Å². The number of rotatable bonds is 3. The number of carboxylic acids is 1. The summed E-state index contributed by atoms with van der Waals surface area (Å²) in [5.41, 5.74) is 6.49. The molecule has 82 valence electrons. The summed E-state index contributed by atoms with van der Waals surface area (Å²) in [6.07, 6.45) is 4.86. The van der Waals surface area contributed by atoms with Crippen LogP contribution in [-0.2, 0) is 6.54 Å². The summed E-state index contributed by atoms with van der Waals surface area (Å²) in [5.74, 6) is -1.12. The van der Waals surface area contributed by atoms with Crippen LogP contribution in [0.15, 0.2) is 30.7 Å². The zero-order valence-electron chi connectivity index (χ0n) is 8.37. The normalized spacial score (nSPS) is 10.2. The average Bonchev–Trinajstić information content (AvgIpc) is 2.61. The first-order chi connectivity index (χ1) is 7.66. The van der Waals surface area contributed by atoms with E-state index in [4.69, 9.17) is 10.8 Å². The molecule has 0 saturated heterocycles. The van der Waals surface area contributed by atoms with Gasteiger partial charge in [-0.05, 0) is 11.6 Å². The molecule has 2 aromatic heterocycles. The van der Waals surface area contributed by atoms with Crippen LogP contribution < -0.4 is 5.73 Å². The number of carboxylic acid groups (broad SMARTS) is 1. The molecule has 6 heteroatoms. The van der Waals surface area contributed by atoms with Crippen LogP contribution in [0.25, 0.3) is 0 Å². The van der Waals surface area contributed by atoms with Gasteiger partial charge in [0.2, 0.25) is 0 Å². The Balaban J connectivity index is 2.23. The molecule has 0 fully saturated rings. The van der Waals surface area contributed by atoms with Crippen molar-refractivity contribution in [2.24, 2.45) is 0 Å². The van der Waals surface area contributed by atoms with Crippen LogP contribution in [0.4, 0.5) is 5.69 Å². The number of hydrogen-bond acceptors (Lipinski definition) is 4. The maximum Gasteiger partial charge on any atom is 0.358 e. The molecule has 0 unspecified atom stereocenters. The lowest BCUT2D eigenvalue weighted by atomic mass is 10.3. The van der Waals surface area contributed by atoms with Crippen LogP contribution in [-0.4, -0.2) is 25.8 Å². The predicted octanol–water partition coefficient (Wildman–Crippen LogP) is 0.607. The highest BCUT2D eigenvalue weighted by Gasteiger charge is 2.12. The maximum atomic E-state index is 10.7. The molecule has 2 heterocycles. The Hall–Kier alpha value is -2.37. The van der Waals surface area contributed by atoms with E-state index in [0.717, 1.165) is 5.56 Å². The van der Waals surface area contributed by atoms with Crippen LogP contribution in [0.5, 0.6) is 0 Å². The van der Waals surface area contributed by atoms with Gasteiger partial charge in [-0.2, -0.15) is 5.10 Å². The number of anilines is 1. The van der Waals surface area contributed by atoms with Crippen LogP contribution in [0.1, 0.15) is 16.1 Å². The van der Waals surface area contributed by atoms with Gasteiger partial charge in [-0.3, -0.25) is 9.67 Å². The molecule has 2 rings (SSSR count). The number of aromatic carboxylic acids is 1. The van der Waals surface area contributed by atoms with Crippen molar-refractivity contribution in [1.29, 1.82) is 0 Å². The molecule has 3 N–H and O–H groups in total. The quantitative estimate of drug-likeness (QED) is 0.787. The molecule has 16 heavy (non-hydrogen) atoms. The van der Waals surface area contributed by atoms with Gasteiger partial charge in [0.05, 0.1) is 12.2 Å². The number of carbonyl (C=O) groups is 1. The summed E-state index contributed by atoms with van der Waals surface area (Å²) in [6.45, 7) is 0.450. The third-order valence-electron chi connectivity index (χ3n) is 2.06. The second-order valence-corrected chi connectivity index (χ2v) is 3.30. The fourth-order valence-corrected chi connectivity index (χ4v) is 1.36. The van der Waals surface area contributed by atoms with E-state index in [9.17, 15) is 4.79 Å². The van der Waals surface area contributed by atoms with Gasteiger partial charge >= 0.3 is 5.97 Å². The number of nitrogens with two attached hydrogens (primary N) is 1. The van der Waals surface area contributed by atoms with Crippen molar-refractivity contribution >= 4 is 11.7 Å². The molecule has 2 aromatic rings. The predicted molar refractivity (Wildman–Crippen MR) is 56.9 cm³/mol. The Morgan fingerprint density at radius 3 is 2.94 bits per heavy atom. The van der Waals surface area contributed by atoms with Gasteiger partial charge in [0.25, 0.3) is 0 Å². The summed E-state index contributed by atoms with van der Waals surface area (Å²) < 4.78 is 1.48. The van der Waals surface area contributed by atoms with E-state index in [-0.39, 0.29) is 11.4 Å². The number of pyridine rings is 1. The summed E-state index contributed by atoms with van der Waals surface area (Å²) in [6, 6.07) is 3.69. The first-order valence-electron chi connectivity index (χ1n) is 4.62. The molecule has 6 nitrogen and oxygen atoms in total. The molecule has 0 bridgehead atoms. The van der Waals surface area contributed by atoms with E-state index < -0.39 is 5.97 Å². The Kier molecular flexibility index (Phi) is 2.55. The number of hydrogen-bond donors (Lipinski definition) is 2. The van der Waals surface area contributed by atoms with Gasteiger partial charge in [0, 0.05) is 18.6 Å². The van der Waals surface area contributed by atoms with Crippen LogP contribution >= 0.6 is 0 Å². The zero-order chi connectivity index (χ0) is 11.5. The van der Waals surface area contributed by atoms with Gasteiger partial charge in [-0.15, -0.1) is 0 Å². The molecular weight excluding hydrogens is 208 g/mol. The molecule has 0 aliphatic carbocycles. The van der Waals surface area contributed by atoms with Crippen molar-refractivity contribution in [2.45, 2.75) is 6.54 Å². The van der Waals surface area contributed by atoms with Crippen molar-refractivity contribution in [2.75, 3.05) is 5.73 Å². The first-order valence-corrected chi connectivity index (χ1v) is 4.62. The number of aromatic nitrogens is 3. The maximum absolute atomic E-state index is 10.7. The number of nitrogens with zero attached hydrogens (tertiary/aromatic N) is 3. The summed E-state index contributed by atoms with van der Waals surface area (Å²) >= 11 is 0. The minimum Gasteiger partial charge on any atom is -0.476 e. The second-order valence-electron chi connectivity index (χ2n) is 3.30. The Morgan fingerprint density at radius 1 is 1.56 bits per heavy atom. The average molecular weight is 218 g/mol. The van der Waals surface area contributed by atoms with E-state index in [1.807, 2.05) is 6.07 Å².